The highest BCUT2D eigenvalue weighted by Gasteiger charge is 2.70. The van der Waals surface area contributed by atoms with Crippen molar-refractivity contribution in [3.05, 3.63) is 0 Å². The summed E-state index contributed by atoms with van der Waals surface area (Å²) in [4.78, 5) is 0. The largest absolute Gasteiger partial charge is 1.00 e. The number of hydrogen-bond acceptors (Lipinski definition) is 2. The van der Waals surface area contributed by atoms with Gasteiger partial charge in [-0.05, 0) is 0 Å². The van der Waals surface area contributed by atoms with Gasteiger partial charge in [0.15, 0.2) is 0 Å². The summed E-state index contributed by atoms with van der Waals surface area (Å²) in [6.45, 7) is 0. The summed E-state index contributed by atoms with van der Waals surface area (Å²) in [6, 6.07) is 1.12. The molecule has 3 aliphatic heterocycles. The highest BCUT2D eigenvalue weighted by molar-refractivity contribution is 5.07. The van der Waals surface area contributed by atoms with Crippen LogP contribution in [0.5, 0.6) is 0 Å². The number of quaternary nitrogens is 1. The fourth-order valence-electron chi connectivity index (χ4n) is 3.22. The Morgan fingerprint density at radius 3 is 2.08 bits per heavy atom. The highest BCUT2D eigenvalue weighted by Crippen LogP contribution is 2.50. The van der Waals surface area contributed by atoms with Gasteiger partial charge in [0.05, 0.1) is 20.2 Å². The smallest absolute Gasteiger partial charge is 0.142 e. The van der Waals surface area contributed by atoms with Crippen molar-refractivity contribution >= 4 is 0 Å². The van der Waals surface area contributed by atoms with E-state index < -0.39 is 0 Å². The lowest BCUT2D eigenvalue weighted by atomic mass is 9.97. The van der Waals surface area contributed by atoms with E-state index in [1.807, 2.05) is 0 Å². The number of likely N-dealkylation sites (N-methyl/N-ethyl adjacent to an activating group) is 1. The SMILES string of the molecule is C[N+]1(C)[C@@H]2CC(O)C[C@H]1[C@@H]1O[C@H]12.[Br-]. The van der Waals surface area contributed by atoms with Gasteiger partial charge in [-0.3, -0.25) is 0 Å². The van der Waals surface area contributed by atoms with Crippen LogP contribution in [0.4, 0.5) is 0 Å². The normalized spacial score (nSPS) is 55.2. The van der Waals surface area contributed by atoms with Gasteiger partial charge in [0.1, 0.15) is 24.3 Å². The van der Waals surface area contributed by atoms with Crippen molar-refractivity contribution in [1.82, 2.24) is 0 Å². The third kappa shape index (κ3) is 1.12. The summed E-state index contributed by atoms with van der Waals surface area (Å²) in [6.07, 6.45) is 2.75. The molecule has 1 unspecified atom stereocenters. The number of rotatable bonds is 0. The van der Waals surface area contributed by atoms with E-state index in [4.69, 9.17) is 4.74 Å². The lowest BCUT2D eigenvalue weighted by Crippen LogP contribution is -3.00. The van der Waals surface area contributed by atoms with Crippen molar-refractivity contribution in [3.63, 3.8) is 0 Å². The lowest BCUT2D eigenvalue weighted by Gasteiger charge is -2.44. The van der Waals surface area contributed by atoms with Crippen molar-refractivity contribution in [1.29, 1.82) is 0 Å². The third-order valence-electron chi connectivity index (χ3n) is 4.06. The number of aliphatic hydroxyl groups excluding tert-OH is 1. The average Bonchev–Trinajstić information content (AvgIpc) is 2.66. The second kappa shape index (κ2) is 2.69. The predicted octanol–water partition coefficient (Wildman–Crippen LogP) is -3.26. The maximum atomic E-state index is 9.60. The molecule has 76 valence electrons. The van der Waals surface area contributed by atoms with E-state index in [1.54, 1.807) is 0 Å². The second-order valence-corrected chi connectivity index (χ2v) is 4.95. The number of hydrogen-bond donors (Lipinski definition) is 1. The number of morpholine rings is 1. The molecule has 5 atom stereocenters. The molecule has 0 aromatic rings. The summed E-state index contributed by atoms with van der Waals surface area (Å²) < 4.78 is 6.65. The molecule has 3 nitrogen and oxygen atoms in total. The average molecular weight is 250 g/mol. The van der Waals surface area contributed by atoms with E-state index in [-0.39, 0.29) is 23.1 Å². The molecular weight excluding hydrogens is 234 g/mol. The van der Waals surface area contributed by atoms with Crippen molar-refractivity contribution in [3.8, 4) is 0 Å². The van der Waals surface area contributed by atoms with Crippen LogP contribution < -0.4 is 17.0 Å². The van der Waals surface area contributed by atoms with E-state index in [1.165, 1.54) is 0 Å². The number of piperidine rings is 1. The van der Waals surface area contributed by atoms with Crippen LogP contribution in [-0.4, -0.2) is 54.1 Å². The molecule has 0 aliphatic carbocycles. The van der Waals surface area contributed by atoms with E-state index in [0.29, 0.717) is 24.3 Å². The number of ether oxygens (including phenoxy) is 1. The summed E-state index contributed by atoms with van der Waals surface area (Å²) in [5.74, 6) is 0. The molecule has 3 aliphatic rings. The van der Waals surface area contributed by atoms with Crippen LogP contribution in [0.25, 0.3) is 0 Å². The van der Waals surface area contributed by atoms with Crippen LogP contribution >= 0.6 is 0 Å². The van der Waals surface area contributed by atoms with Gasteiger partial charge in [-0.1, -0.05) is 0 Å². The van der Waals surface area contributed by atoms with Crippen LogP contribution in [-0.2, 0) is 4.74 Å². The first kappa shape index (κ1) is 9.90. The zero-order chi connectivity index (χ0) is 8.51. The third-order valence-corrected chi connectivity index (χ3v) is 4.06. The minimum absolute atomic E-state index is 0. The Labute approximate surface area is 89.0 Å². The maximum Gasteiger partial charge on any atom is 0.142 e. The Morgan fingerprint density at radius 2 is 1.62 bits per heavy atom. The summed E-state index contributed by atoms with van der Waals surface area (Å²) >= 11 is 0. The fourth-order valence-corrected chi connectivity index (χ4v) is 3.22. The van der Waals surface area contributed by atoms with E-state index in [0.717, 1.165) is 17.3 Å². The van der Waals surface area contributed by atoms with Crippen molar-refractivity contribution in [2.75, 3.05) is 14.1 Å². The molecule has 0 spiro atoms. The van der Waals surface area contributed by atoms with E-state index in [9.17, 15) is 5.11 Å². The van der Waals surface area contributed by atoms with Gasteiger partial charge in [0.2, 0.25) is 0 Å². The van der Waals surface area contributed by atoms with Gasteiger partial charge in [-0.15, -0.1) is 0 Å². The first-order valence-electron chi connectivity index (χ1n) is 4.77. The first-order chi connectivity index (χ1) is 5.60. The first-order valence-corrected chi connectivity index (χ1v) is 4.77. The molecule has 1 N–H and O–H groups in total. The minimum atomic E-state index is -0.0671. The Balaban J connectivity index is 0.000000653. The van der Waals surface area contributed by atoms with Crippen molar-refractivity contribution < 1.29 is 31.3 Å². The van der Waals surface area contributed by atoms with Gasteiger partial charge in [0.25, 0.3) is 0 Å². The van der Waals surface area contributed by atoms with Crippen LogP contribution in [0.15, 0.2) is 0 Å². The Hall–Kier alpha value is 0.360. The van der Waals surface area contributed by atoms with Gasteiger partial charge >= 0.3 is 0 Å². The molecule has 0 aromatic heterocycles. The summed E-state index contributed by atoms with van der Waals surface area (Å²) in [5.41, 5.74) is 0. The second-order valence-electron chi connectivity index (χ2n) is 4.95. The molecule has 0 amide bonds. The summed E-state index contributed by atoms with van der Waals surface area (Å²) in [5, 5.41) is 9.60. The van der Waals surface area contributed by atoms with Gasteiger partial charge < -0.3 is 31.3 Å². The van der Waals surface area contributed by atoms with E-state index >= 15 is 0 Å². The number of fused-ring (bicyclic) bond motifs is 5. The topological polar surface area (TPSA) is 32.8 Å². The van der Waals surface area contributed by atoms with Crippen LogP contribution in [0.2, 0.25) is 0 Å². The molecule has 0 aromatic carbocycles. The van der Waals surface area contributed by atoms with Crippen LogP contribution in [0, 0.1) is 0 Å². The Kier molecular flexibility index (Phi) is 2.05. The van der Waals surface area contributed by atoms with Gasteiger partial charge in [-0.25, -0.2) is 0 Å². The Bertz CT molecular complexity index is 214. The van der Waals surface area contributed by atoms with E-state index in [2.05, 4.69) is 14.1 Å². The van der Waals surface area contributed by atoms with Gasteiger partial charge in [0, 0.05) is 12.8 Å². The minimum Gasteiger partial charge on any atom is -1.00 e. The molecular formula is C9H16BrNO2. The standard InChI is InChI=1S/C9H16NO2.BrH/c1-10(2)6-3-5(11)4-7(10)9-8(6)12-9;/h5-9,11H,3-4H2,1-2H3;1H/q+1;/p-1/t5?,6-,7+,8-,9-;/m0./s1. The maximum absolute atomic E-state index is 9.60. The quantitative estimate of drug-likeness (QED) is 0.361. The monoisotopic (exact) mass is 249 g/mol. The molecule has 4 heteroatoms. The Morgan fingerprint density at radius 1 is 1.15 bits per heavy atom. The van der Waals surface area contributed by atoms with Crippen molar-refractivity contribution in [2.45, 2.75) is 43.2 Å². The molecule has 13 heavy (non-hydrogen) atoms. The zero-order valence-corrected chi connectivity index (χ0v) is 9.57. The van der Waals surface area contributed by atoms with Crippen LogP contribution in [0.3, 0.4) is 0 Å². The number of epoxide rings is 1. The number of nitrogens with zero attached hydrogens (tertiary/aromatic N) is 1. The summed E-state index contributed by atoms with van der Waals surface area (Å²) in [7, 11) is 4.55. The molecule has 3 saturated heterocycles. The van der Waals surface area contributed by atoms with Gasteiger partial charge in [-0.2, -0.15) is 0 Å². The lowest BCUT2D eigenvalue weighted by molar-refractivity contribution is -0.938. The molecule has 0 radical (unpaired) electrons. The molecule has 2 bridgehead atoms. The number of aliphatic hydroxyl groups is 1. The fraction of sp³-hybridized carbons (Fsp3) is 1.00. The molecule has 3 rings (SSSR count). The highest BCUT2D eigenvalue weighted by atomic mass is 79.9. The molecule has 0 saturated carbocycles. The van der Waals surface area contributed by atoms with Crippen molar-refractivity contribution in [2.24, 2.45) is 0 Å². The van der Waals surface area contributed by atoms with Crippen LogP contribution in [0.1, 0.15) is 12.8 Å². The zero-order valence-electron chi connectivity index (χ0n) is 7.98. The molecule has 3 fully saturated rings. The predicted molar refractivity (Wildman–Crippen MR) is 43.6 cm³/mol. The molecule has 3 heterocycles. The number of halogens is 1.